The number of nitrogens with two attached hydrogens (primary N) is 1. The van der Waals surface area contributed by atoms with Crippen molar-refractivity contribution < 1.29 is 162 Å². The molecular formula is C41H26N7Na4O10S3+. The molecule has 0 saturated carbocycles. The van der Waals surface area contributed by atoms with E-state index in [-0.39, 0.29) is 169 Å². The topological polar surface area (TPSA) is 292 Å². The SMILES string of the molecule is Cc1cc2cc(N)ccc2c(O)c1N=Nc1ccc(N=Nc2ccc(N=Nc3cc(S(=O)(=O)[O-])c4cccc(S(=O)(=O)[O-])c4c3)c3ccccc23)c2ccc(S(=O)(=O)[O-])cc12.[Na+].[Na+].[Na+].[Na+]. The Hall–Kier alpha value is -3.07. The van der Waals surface area contributed by atoms with Crippen LogP contribution >= 0.6 is 0 Å². The summed E-state index contributed by atoms with van der Waals surface area (Å²) in [5.41, 5.74) is 7.98. The third-order valence-corrected chi connectivity index (χ3v) is 12.2. The Kier molecular flexibility index (Phi) is 18.0. The van der Waals surface area contributed by atoms with E-state index in [0.29, 0.717) is 43.9 Å². The van der Waals surface area contributed by atoms with Crippen LogP contribution in [0.5, 0.6) is 5.75 Å². The maximum atomic E-state index is 12.2. The first-order valence-corrected chi connectivity index (χ1v) is 21.9. The van der Waals surface area contributed by atoms with Crippen LogP contribution in [-0.4, -0.2) is 44.0 Å². The third kappa shape index (κ3) is 11.6. The van der Waals surface area contributed by atoms with Crippen LogP contribution in [0.1, 0.15) is 5.56 Å². The van der Waals surface area contributed by atoms with Crippen LogP contribution < -0.4 is 124 Å². The van der Waals surface area contributed by atoms with Crippen molar-refractivity contribution >= 4 is 113 Å². The Balaban J connectivity index is 0.00000231. The second kappa shape index (κ2) is 21.5. The molecule has 0 unspecified atom stereocenters. The molecule has 17 nitrogen and oxygen atoms in total. The zero-order chi connectivity index (χ0) is 43.4. The van der Waals surface area contributed by atoms with Gasteiger partial charge in [-0.1, -0.05) is 42.5 Å². The van der Waals surface area contributed by atoms with E-state index in [1.54, 1.807) is 67.6 Å². The van der Waals surface area contributed by atoms with Gasteiger partial charge in [0.1, 0.15) is 36.0 Å². The van der Waals surface area contributed by atoms with Gasteiger partial charge < -0.3 is 24.5 Å². The van der Waals surface area contributed by atoms with Crippen LogP contribution in [0.4, 0.5) is 39.8 Å². The van der Waals surface area contributed by atoms with Crippen molar-refractivity contribution in [2.45, 2.75) is 21.6 Å². The van der Waals surface area contributed by atoms with Gasteiger partial charge in [0.15, 0.2) is 5.75 Å². The number of hydrogen-bond acceptors (Lipinski definition) is 17. The number of fused-ring (bicyclic) bond motifs is 4. The van der Waals surface area contributed by atoms with E-state index in [9.17, 15) is 44.0 Å². The fourth-order valence-electron chi connectivity index (χ4n) is 6.84. The van der Waals surface area contributed by atoms with Gasteiger partial charge in [0.2, 0.25) is 0 Å². The molecule has 24 heteroatoms. The first-order chi connectivity index (χ1) is 28.9. The number of rotatable bonds is 9. The molecule has 0 atom stereocenters. The molecule has 65 heavy (non-hydrogen) atoms. The van der Waals surface area contributed by atoms with Crippen LogP contribution in [0.2, 0.25) is 0 Å². The van der Waals surface area contributed by atoms with Gasteiger partial charge in [-0.15, -0.1) is 25.6 Å². The Morgan fingerprint density at radius 3 is 1.54 bits per heavy atom. The van der Waals surface area contributed by atoms with Gasteiger partial charge >= 0.3 is 118 Å². The van der Waals surface area contributed by atoms with Crippen LogP contribution in [-0.2, 0) is 30.4 Å². The van der Waals surface area contributed by atoms with E-state index in [4.69, 9.17) is 5.73 Å². The molecule has 0 amide bonds. The first-order valence-electron chi connectivity index (χ1n) is 17.7. The minimum atomic E-state index is -5.15. The monoisotopic (exact) mass is 964 g/mol. The van der Waals surface area contributed by atoms with Crippen LogP contribution in [0, 0.1) is 6.92 Å². The predicted octanol–water partition coefficient (Wildman–Crippen LogP) is -2.13. The van der Waals surface area contributed by atoms with E-state index in [1.807, 2.05) is 0 Å². The maximum Gasteiger partial charge on any atom is 1.00 e. The summed E-state index contributed by atoms with van der Waals surface area (Å²) in [7, 11) is -15.1. The third-order valence-electron chi connectivity index (χ3n) is 9.65. The standard InChI is InChI=1S/C41H29N7O10S3.4Na/c1-22-17-23-18-24(42)9-11-27(23)41(49)40(22)48-47-37-16-15-36(30-12-10-26(21-32(30)37)59(50,51)52)46-45-35-14-13-34(28-5-2-3-6-29(28)35)44-43-25-19-33-31(39(20-25)61(56,57)58)7-4-8-38(33)60(53,54)55;;;;/h2-21,49H,42H2,1H3,(H,50,51,52)(H,53,54,55)(H,56,57,58);;;;/q;4*+1/p-3. The molecular weight excluding hydrogens is 939 g/mol. The molecule has 0 radical (unpaired) electrons. The normalized spacial score (nSPS) is 12.1. The number of hydrogen-bond donors (Lipinski definition) is 2. The second-order valence-electron chi connectivity index (χ2n) is 13.6. The van der Waals surface area contributed by atoms with Gasteiger partial charge in [0.05, 0.1) is 43.1 Å². The predicted molar refractivity (Wildman–Crippen MR) is 223 cm³/mol. The van der Waals surface area contributed by atoms with Crippen molar-refractivity contribution in [2.24, 2.45) is 30.7 Å². The Labute approximate surface area is 460 Å². The molecule has 0 bridgehead atoms. The zero-order valence-electron chi connectivity index (χ0n) is 35.2. The molecule has 0 fully saturated rings. The number of phenolic OH excluding ortho intramolecular Hbond substituents is 1. The summed E-state index contributed by atoms with van der Waals surface area (Å²) in [6.07, 6.45) is 0. The number of aromatic hydroxyl groups is 1. The summed E-state index contributed by atoms with van der Waals surface area (Å²) in [4.78, 5) is -2.04. The number of benzene rings is 8. The second-order valence-corrected chi connectivity index (χ2v) is 17.7. The molecule has 0 heterocycles. The fourth-order valence-corrected chi connectivity index (χ4v) is 8.73. The van der Waals surface area contributed by atoms with Crippen molar-refractivity contribution in [2.75, 3.05) is 5.73 Å². The number of nitrogen functional groups attached to an aromatic ring is 1. The number of anilines is 1. The van der Waals surface area contributed by atoms with E-state index in [2.05, 4.69) is 30.7 Å². The van der Waals surface area contributed by atoms with E-state index in [0.717, 1.165) is 36.4 Å². The summed E-state index contributed by atoms with van der Waals surface area (Å²) in [6, 6.07) is 28.9. The largest absolute Gasteiger partial charge is 1.00 e. The van der Waals surface area contributed by atoms with Crippen LogP contribution in [0.3, 0.4) is 0 Å². The molecule has 0 aromatic heterocycles. The van der Waals surface area contributed by atoms with Gasteiger partial charge in [-0.05, 0) is 96.7 Å². The van der Waals surface area contributed by atoms with Crippen LogP contribution in [0.25, 0.3) is 43.1 Å². The van der Waals surface area contributed by atoms with Crippen molar-refractivity contribution in [1.29, 1.82) is 0 Å². The van der Waals surface area contributed by atoms with E-state index < -0.39 is 45.0 Å². The van der Waals surface area contributed by atoms with Crippen LogP contribution in [0.15, 0.2) is 167 Å². The smallest absolute Gasteiger partial charge is 0.744 e. The van der Waals surface area contributed by atoms with Gasteiger partial charge in [-0.3, -0.25) is 0 Å². The Bertz CT molecular complexity index is 3640. The van der Waals surface area contributed by atoms with Gasteiger partial charge in [-0.2, -0.15) is 5.11 Å². The molecule has 0 aliphatic heterocycles. The Morgan fingerprint density at radius 2 is 0.969 bits per heavy atom. The zero-order valence-corrected chi connectivity index (χ0v) is 45.6. The summed E-state index contributed by atoms with van der Waals surface area (Å²) >= 11 is 0. The maximum absolute atomic E-state index is 12.2. The molecule has 0 aliphatic rings. The summed E-state index contributed by atoms with van der Waals surface area (Å²) in [6.45, 7) is 1.73. The summed E-state index contributed by atoms with van der Waals surface area (Å²) < 4.78 is 109. The van der Waals surface area contributed by atoms with Gasteiger partial charge in [-0.25, -0.2) is 25.3 Å². The van der Waals surface area contributed by atoms with Gasteiger partial charge in [0, 0.05) is 43.4 Å². The molecule has 8 aromatic rings. The first kappa shape index (κ1) is 54.5. The van der Waals surface area contributed by atoms with Gasteiger partial charge in [0.25, 0.3) is 0 Å². The summed E-state index contributed by atoms with van der Waals surface area (Å²) in [5, 5.41) is 39.1. The number of nitrogens with zero attached hydrogens (tertiary/aromatic N) is 6. The average Bonchev–Trinajstić information content (AvgIpc) is 3.20. The van der Waals surface area contributed by atoms with Crippen molar-refractivity contribution in [1.82, 2.24) is 0 Å². The number of aryl methyl sites for hydroxylation is 1. The molecule has 0 saturated heterocycles. The molecule has 306 valence electrons. The fraction of sp³-hybridized carbons (Fsp3) is 0.0244. The van der Waals surface area contributed by atoms with E-state index >= 15 is 0 Å². The number of phenols is 1. The molecule has 3 N–H and O–H groups in total. The number of azo groups is 3. The Morgan fingerprint density at radius 1 is 0.462 bits per heavy atom. The van der Waals surface area contributed by atoms with E-state index in [1.165, 1.54) is 24.3 Å². The minimum absolute atomic E-state index is 0. The molecule has 8 rings (SSSR count). The molecule has 0 spiro atoms. The summed E-state index contributed by atoms with van der Waals surface area (Å²) in [5.74, 6) is -0.138. The molecule has 0 aliphatic carbocycles. The average molecular weight is 965 g/mol. The van der Waals surface area contributed by atoms with Crippen molar-refractivity contribution in [3.05, 3.63) is 127 Å². The van der Waals surface area contributed by atoms with Crippen molar-refractivity contribution in [3.63, 3.8) is 0 Å². The molecule has 8 aromatic carbocycles. The quantitative estimate of drug-likeness (QED) is 0.0682. The minimum Gasteiger partial charge on any atom is -0.744 e. The van der Waals surface area contributed by atoms with Crippen molar-refractivity contribution in [3.8, 4) is 5.75 Å².